The molecule has 1 unspecified atom stereocenters. The van der Waals surface area contributed by atoms with Crippen molar-refractivity contribution in [1.82, 2.24) is 15.1 Å². The van der Waals surface area contributed by atoms with Gasteiger partial charge in [-0.15, -0.1) is 12.4 Å². The standard InChI is InChI=1S/C22H27N3O.ClH/c26-22(25-13-10-21(17-25)24-14-11-23-12-15-24)16-18-6-8-20(9-7-18)19-4-2-1-3-5-19;/h1-9,21,23H,10-17H2;1H. The van der Waals surface area contributed by atoms with Crippen molar-refractivity contribution in [2.24, 2.45) is 0 Å². The Bertz CT molecular complexity index is 729. The van der Waals surface area contributed by atoms with Crippen LogP contribution in [0.2, 0.25) is 0 Å². The van der Waals surface area contributed by atoms with Gasteiger partial charge in [-0.05, 0) is 23.1 Å². The van der Waals surface area contributed by atoms with E-state index in [2.05, 4.69) is 63.6 Å². The van der Waals surface area contributed by atoms with Gasteiger partial charge in [0.2, 0.25) is 5.91 Å². The minimum Gasteiger partial charge on any atom is -0.341 e. The van der Waals surface area contributed by atoms with Crippen LogP contribution < -0.4 is 5.32 Å². The Morgan fingerprint density at radius 2 is 1.59 bits per heavy atom. The van der Waals surface area contributed by atoms with Crippen LogP contribution in [0, 0.1) is 0 Å². The Labute approximate surface area is 168 Å². The lowest BCUT2D eigenvalue weighted by Crippen LogP contribution is -2.49. The fourth-order valence-corrected chi connectivity index (χ4v) is 4.05. The molecule has 4 nitrogen and oxygen atoms in total. The summed E-state index contributed by atoms with van der Waals surface area (Å²) in [6, 6.07) is 19.3. The molecule has 1 atom stereocenters. The third kappa shape index (κ3) is 4.89. The molecular weight excluding hydrogens is 358 g/mol. The highest BCUT2D eigenvalue weighted by Gasteiger charge is 2.30. The fraction of sp³-hybridized carbons (Fsp3) is 0.409. The second-order valence-corrected chi connectivity index (χ2v) is 7.31. The number of nitrogens with one attached hydrogen (secondary N) is 1. The van der Waals surface area contributed by atoms with Crippen molar-refractivity contribution in [3.05, 3.63) is 60.2 Å². The fourth-order valence-electron chi connectivity index (χ4n) is 4.05. The normalized spacial score (nSPS) is 20.3. The lowest BCUT2D eigenvalue weighted by molar-refractivity contribution is -0.129. The zero-order valence-corrected chi connectivity index (χ0v) is 16.5. The van der Waals surface area contributed by atoms with Crippen molar-refractivity contribution in [3.63, 3.8) is 0 Å². The minimum atomic E-state index is 0. The van der Waals surface area contributed by atoms with Crippen LogP contribution in [-0.4, -0.2) is 61.0 Å². The highest BCUT2D eigenvalue weighted by atomic mass is 35.5. The lowest BCUT2D eigenvalue weighted by Gasteiger charge is -2.32. The van der Waals surface area contributed by atoms with Crippen LogP contribution in [0.5, 0.6) is 0 Å². The maximum absolute atomic E-state index is 12.7. The number of carbonyl (C=O) groups excluding carboxylic acids is 1. The summed E-state index contributed by atoms with van der Waals surface area (Å²) in [6.45, 7) is 6.13. The zero-order chi connectivity index (χ0) is 17.8. The molecule has 1 amide bonds. The van der Waals surface area contributed by atoms with Crippen LogP contribution in [0.3, 0.4) is 0 Å². The van der Waals surface area contributed by atoms with Crippen LogP contribution in [0.25, 0.3) is 11.1 Å². The number of piperazine rings is 1. The van der Waals surface area contributed by atoms with Gasteiger partial charge in [0.25, 0.3) is 0 Å². The molecular formula is C22H28ClN3O. The summed E-state index contributed by atoms with van der Waals surface area (Å²) in [4.78, 5) is 17.3. The molecule has 0 bridgehead atoms. The quantitative estimate of drug-likeness (QED) is 0.879. The summed E-state index contributed by atoms with van der Waals surface area (Å²) in [5, 5.41) is 3.40. The first kappa shape index (κ1) is 19.9. The third-order valence-electron chi connectivity index (χ3n) is 5.60. The second-order valence-electron chi connectivity index (χ2n) is 7.31. The van der Waals surface area contributed by atoms with Gasteiger partial charge in [-0.1, -0.05) is 54.6 Å². The van der Waals surface area contributed by atoms with E-state index in [9.17, 15) is 4.79 Å². The number of halogens is 1. The van der Waals surface area contributed by atoms with Gasteiger partial charge in [0.15, 0.2) is 0 Å². The van der Waals surface area contributed by atoms with E-state index < -0.39 is 0 Å². The first-order chi connectivity index (χ1) is 12.8. The van der Waals surface area contributed by atoms with E-state index in [-0.39, 0.29) is 18.3 Å². The van der Waals surface area contributed by atoms with Gasteiger partial charge in [0.05, 0.1) is 6.42 Å². The maximum Gasteiger partial charge on any atom is 0.227 e. The molecule has 2 aromatic rings. The van der Waals surface area contributed by atoms with Gasteiger partial charge in [0.1, 0.15) is 0 Å². The average Bonchev–Trinajstić information content (AvgIpc) is 3.20. The van der Waals surface area contributed by atoms with Crippen molar-refractivity contribution in [2.75, 3.05) is 39.3 Å². The minimum absolute atomic E-state index is 0. The molecule has 2 heterocycles. The Kier molecular flexibility index (Phi) is 6.89. The van der Waals surface area contributed by atoms with Gasteiger partial charge in [-0.2, -0.15) is 0 Å². The molecule has 2 saturated heterocycles. The van der Waals surface area contributed by atoms with E-state index in [4.69, 9.17) is 0 Å². The molecule has 27 heavy (non-hydrogen) atoms. The maximum atomic E-state index is 12.7. The Balaban J connectivity index is 0.00000210. The van der Waals surface area contributed by atoms with Crippen LogP contribution in [0.4, 0.5) is 0 Å². The molecule has 0 spiro atoms. The van der Waals surface area contributed by atoms with Crippen molar-refractivity contribution >= 4 is 18.3 Å². The summed E-state index contributed by atoms with van der Waals surface area (Å²) in [5.74, 6) is 0.259. The molecule has 2 fully saturated rings. The molecule has 0 saturated carbocycles. The zero-order valence-electron chi connectivity index (χ0n) is 15.6. The summed E-state index contributed by atoms with van der Waals surface area (Å²) in [5.41, 5.74) is 3.51. The van der Waals surface area contributed by atoms with Gasteiger partial charge in [-0.3, -0.25) is 9.69 Å². The average molecular weight is 386 g/mol. The van der Waals surface area contributed by atoms with Crippen molar-refractivity contribution in [3.8, 4) is 11.1 Å². The van der Waals surface area contributed by atoms with E-state index in [1.165, 1.54) is 11.1 Å². The van der Waals surface area contributed by atoms with Crippen LogP contribution >= 0.6 is 12.4 Å². The molecule has 5 heteroatoms. The van der Waals surface area contributed by atoms with Gasteiger partial charge in [-0.25, -0.2) is 0 Å². The number of amides is 1. The number of hydrogen-bond acceptors (Lipinski definition) is 3. The molecule has 1 N–H and O–H groups in total. The van der Waals surface area contributed by atoms with Crippen LogP contribution in [-0.2, 0) is 11.2 Å². The van der Waals surface area contributed by atoms with E-state index in [0.717, 1.165) is 51.3 Å². The molecule has 0 aromatic heterocycles. The monoisotopic (exact) mass is 385 g/mol. The van der Waals surface area contributed by atoms with E-state index in [0.29, 0.717) is 12.5 Å². The van der Waals surface area contributed by atoms with Gasteiger partial charge < -0.3 is 10.2 Å². The van der Waals surface area contributed by atoms with Crippen LogP contribution in [0.1, 0.15) is 12.0 Å². The number of benzene rings is 2. The molecule has 2 aliphatic heterocycles. The second kappa shape index (κ2) is 9.36. The SMILES string of the molecule is Cl.O=C(Cc1ccc(-c2ccccc2)cc1)N1CCC(N2CCNCC2)C1. The van der Waals surface area contributed by atoms with Crippen molar-refractivity contribution in [2.45, 2.75) is 18.9 Å². The Hall–Kier alpha value is -1.88. The van der Waals surface area contributed by atoms with Crippen molar-refractivity contribution < 1.29 is 4.79 Å². The summed E-state index contributed by atoms with van der Waals surface area (Å²) in [6.07, 6.45) is 1.61. The Morgan fingerprint density at radius 3 is 2.30 bits per heavy atom. The molecule has 2 aliphatic rings. The lowest BCUT2D eigenvalue weighted by atomic mass is 10.0. The van der Waals surface area contributed by atoms with Gasteiger partial charge >= 0.3 is 0 Å². The number of carbonyl (C=O) groups is 1. The molecule has 4 rings (SSSR count). The van der Waals surface area contributed by atoms with Crippen molar-refractivity contribution in [1.29, 1.82) is 0 Å². The van der Waals surface area contributed by atoms with E-state index >= 15 is 0 Å². The third-order valence-corrected chi connectivity index (χ3v) is 5.60. The predicted molar refractivity (Wildman–Crippen MR) is 112 cm³/mol. The van der Waals surface area contributed by atoms with Crippen LogP contribution in [0.15, 0.2) is 54.6 Å². The number of nitrogens with zero attached hydrogens (tertiary/aromatic N) is 2. The van der Waals surface area contributed by atoms with Gasteiger partial charge in [0, 0.05) is 45.3 Å². The molecule has 2 aromatic carbocycles. The first-order valence-corrected chi connectivity index (χ1v) is 9.66. The molecule has 0 radical (unpaired) electrons. The summed E-state index contributed by atoms with van der Waals surface area (Å²) in [7, 11) is 0. The topological polar surface area (TPSA) is 35.6 Å². The first-order valence-electron chi connectivity index (χ1n) is 9.66. The number of likely N-dealkylation sites (tertiary alicyclic amines) is 1. The summed E-state index contributed by atoms with van der Waals surface area (Å²) >= 11 is 0. The molecule has 144 valence electrons. The molecule has 0 aliphatic carbocycles. The predicted octanol–water partition coefficient (Wildman–Crippen LogP) is 2.82. The number of hydrogen-bond donors (Lipinski definition) is 1. The van der Waals surface area contributed by atoms with E-state index in [1.54, 1.807) is 0 Å². The summed E-state index contributed by atoms with van der Waals surface area (Å²) < 4.78 is 0. The highest BCUT2D eigenvalue weighted by Crippen LogP contribution is 2.21. The Morgan fingerprint density at radius 1 is 0.926 bits per heavy atom. The highest BCUT2D eigenvalue weighted by molar-refractivity contribution is 5.85. The largest absolute Gasteiger partial charge is 0.341 e. The smallest absolute Gasteiger partial charge is 0.227 e. The van der Waals surface area contributed by atoms with E-state index in [1.807, 2.05) is 6.07 Å². The number of rotatable bonds is 4.